The second-order valence-electron chi connectivity index (χ2n) is 38.5. The normalized spacial score (nSPS) is 12.5. The Morgan fingerprint density at radius 3 is 0.336 bits per heavy atom. The molecule has 125 heavy (non-hydrogen) atoms. The molecule has 0 bridgehead atoms. The monoisotopic (exact) mass is 1790 g/mol. The van der Waals surface area contributed by atoms with Crippen molar-refractivity contribution in [3.05, 3.63) is 0 Å². The first kappa shape index (κ1) is 130. The Morgan fingerprint density at radius 1 is 0.160 bits per heavy atom. The highest BCUT2D eigenvalue weighted by Crippen LogP contribution is 2.22. The number of ether oxygens (including phenoxy) is 5. The van der Waals surface area contributed by atoms with Crippen LogP contribution in [0.5, 0.6) is 0 Å². The molecule has 20 heteroatoms. The highest BCUT2D eigenvalue weighted by Gasteiger charge is 2.14. The van der Waals surface area contributed by atoms with E-state index in [2.05, 4.69) is 69.2 Å². The van der Waals surface area contributed by atoms with Crippen LogP contribution in [0.1, 0.15) is 519 Å². The molecule has 750 valence electrons. The molecule has 0 heterocycles. The molecule has 10 N–H and O–H groups in total. The summed E-state index contributed by atoms with van der Waals surface area (Å²) >= 11 is 0. The Kier molecular flexibility index (Phi) is 113. The summed E-state index contributed by atoms with van der Waals surface area (Å²) in [5.74, 6) is 2.87. The summed E-state index contributed by atoms with van der Waals surface area (Å²) < 4.78 is 24.3. The van der Waals surface area contributed by atoms with Crippen molar-refractivity contribution in [2.24, 2.45) is 29.6 Å². The van der Waals surface area contributed by atoms with Crippen molar-refractivity contribution in [2.75, 3.05) is 66.1 Å². The summed E-state index contributed by atoms with van der Waals surface area (Å²) in [7, 11) is 0. The molecule has 0 amide bonds. The summed E-state index contributed by atoms with van der Waals surface area (Å²) in [5, 5.41) is 88.5. The van der Waals surface area contributed by atoms with Crippen molar-refractivity contribution >= 4 is 29.8 Å². The summed E-state index contributed by atoms with van der Waals surface area (Å²) in [6.07, 6.45) is 80.9. The molecular weight excluding hydrogens is 1580 g/mol. The summed E-state index contributed by atoms with van der Waals surface area (Å²) in [4.78, 5) is 56.9. The quantitative estimate of drug-likeness (QED) is 0.0154. The Hall–Kier alpha value is -3.05. The molecule has 0 aliphatic heterocycles. The minimum absolute atomic E-state index is 0.104. The van der Waals surface area contributed by atoms with Gasteiger partial charge in [-0.2, -0.15) is 0 Å². The predicted octanol–water partition coefficient (Wildman–Crippen LogP) is 25.0. The number of hydrogen-bond acceptors (Lipinski definition) is 20. The molecule has 0 saturated carbocycles. The first-order valence-electron chi connectivity index (χ1n) is 52.5. The Bertz CT molecular complexity index is 1790. The molecule has 0 rings (SSSR count). The molecule has 0 aliphatic carbocycles. The number of rotatable bonds is 90. The standard InChI is InChI=1S/5C21H42O4/c5*1-19(2)15-13-11-9-7-5-3-4-6-8-10-12-14-16-21(24)25-18-20(23)17-22/h5*19-20,22-23H,3-18H2,1-2H3. The van der Waals surface area contributed by atoms with Gasteiger partial charge in [0.15, 0.2) is 0 Å². The zero-order valence-electron chi connectivity index (χ0n) is 83.4. The fourth-order valence-corrected chi connectivity index (χ4v) is 14.5. The van der Waals surface area contributed by atoms with E-state index >= 15 is 0 Å². The summed E-state index contributed by atoms with van der Waals surface area (Å²) in [6, 6.07) is 0. The van der Waals surface area contributed by atoms with Gasteiger partial charge in [0, 0.05) is 32.1 Å². The number of unbranched alkanes of at least 4 members (excludes halogenated alkanes) is 55. The van der Waals surface area contributed by atoms with Gasteiger partial charge < -0.3 is 74.7 Å². The second kappa shape index (κ2) is 108. The Labute approximate surface area is 769 Å². The molecule has 5 atom stereocenters. The predicted molar refractivity (Wildman–Crippen MR) is 518 cm³/mol. The van der Waals surface area contributed by atoms with Crippen molar-refractivity contribution < 1.29 is 98.7 Å². The third-order valence-electron chi connectivity index (χ3n) is 22.8. The van der Waals surface area contributed by atoms with Gasteiger partial charge in [-0.15, -0.1) is 0 Å². The lowest BCUT2D eigenvalue weighted by Gasteiger charge is -2.08. The zero-order valence-corrected chi connectivity index (χ0v) is 83.4. The van der Waals surface area contributed by atoms with Crippen LogP contribution in [-0.4, -0.2) is 178 Å². The maximum Gasteiger partial charge on any atom is 0.305 e. The van der Waals surface area contributed by atoms with Gasteiger partial charge in [-0.05, 0) is 61.7 Å². The van der Waals surface area contributed by atoms with Crippen molar-refractivity contribution in [3.63, 3.8) is 0 Å². The molecule has 20 nitrogen and oxygen atoms in total. The van der Waals surface area contributed by atoms with Crippen molar-refractivity contribution in [2.45, 2.75) is 549 Å². The van der Waals surface area contributed by atoms with Gasteiger partial charge in [0.2, 0.25) is 0 Å². The van der Waals surface area contributed by atoms with Crippen molar-refractivity contribution in [1.82, 2.24) is 0 Å². The number of esters is 5. The van der Waals surface area contributed by atoms with Crippen molar-refractivity contribution in [3.8, 4) is 0 Å². The van der Waals surface area contributed by atoms with Gasteiger partial charge in [-0.1, -0.05) is 454 Å². The van der Waals surface area contributed by atoms with E-state index in [1.165, 1.54) is 353 Å². The van der Waals surface area contributed by atoms with Crippen LogP contribution in [0.2, 0.25) is 0 Å². The fourth-order valence-electron chi connectivity index (χ4n) is 14.5. The average Bonchev–Trinajstić information content (AvgIpc) is 1.03. The van der Waals surface area contributed by atoms with Crippen LogP contribution in [0.3, 0.4) is 0 Å². The number of carbonyl (C=O) groups is 5. The van der Waals surface area contributed by atoms with Gasteiger partial charge in [0.1, 0.15) is 63.6 Å². The summed E-state index contributed by atoms with van der Waals surface area (Å²) in [5.41, 5.74) is 0. The molecule has 0 aromatic heterocycles. The van der Waals surface area contributed by atoms with Crippen LogP contribution in [-0.2, 0) is 47.7 Å². The van der Waals surface area contributed by atoms with E-state index in [9.17, 15) is 24.0 Å². The van der Waals surface area contributed by atoms with Crippen molar-refractivity contribution in [1.29, 1.82) is 0 Å². The second-order valence-corrected chi connectivity index (χ2v) is 38.5. The molecular formula is C105H210O20. The Balaban J connectivity index is -0.000000480. The van der Waals surface area contributed by atoms with E-state index in [1.54, 1.807) is 0 Å². The van der Waals surface area contributed by atoms with Crippen LogP contribution >= 0.6 is 0 Å². The van der Waals surface area contributed by atoms with E-state index in [0.29, 0.717) is 32.1 Å². The maximum atomic E-state index is 11.4. The van der Waals surface area contributed by atoms with Crippen LogP contribution < -0.4 is 0 Å². The maximum absolute atomic E-state index is 11.4. The summed E-state index contributed by atoms with van der Waals surface area (Å²) in [6.45, 7) is 20.6. The molecule has 0 aliphatic rings. The molecule has 0 saturated heterocycles. The smallest absolute Gasteiger partial charge is 0.305 e. The molecule has 0 spiro atoms. The first-order chi connectivity index (χ1) is 60.3. The molecule has 0 aromatic carbocycles. The first-order valence-corrected chi connectivity index (χ1v) is 52.5. The van der Waals surface area contributed by atoms with Crippen LogP contribution in [0, 0.1) is 29.6 Å². The topological polar surface area (TPSA) is 334 Å². The van der Waals surface area contributed by atoms with Crippen LogP contribution in [0.15, 0.2) is 0 Å². The molecule has 0 fully saturated rings. The zero-order chi connectivity index (χ0) is 93.8. The number of aliphatic hydroxyl groups excluding tert-OH is 10. The van der Waals surface area contributed by atoms with E-state index in [-0.39, 0.29) is 95.9 Å². The lowest BCUT2D eigenvalue weighted by atomic mass is 10.0. The van der Waals surface area contributed by atoms with E-state index in [1.807, 2.05) is 0 Å². The Morgan fingerprint density at radius 2 is 0.248 bits per heavy atom. The average molecular weight is 1790 g/mol. The SMILES string of the molecule is CC(C)CCCCCCCCCCCCCCC(=O)OCC(O)CO.CC(C)CCCCCCCCCCCCCCC(=O)OCC(O)CO.CC(C)CCCCCCCCCCCCCCC(=O)OCC(O)CO.CC(C)CCCCCCCCCCCCCCC(=O)OCC(O)CO.CC(C)CCCCCCCCCCCCCCC(=O)OCC(O)CO. The van der Waals surface area contributed by atoms with E-state index < -0.39 is 30.5 Å². The molecule has 5 unspecified atom stereocenters. The number of aliphatic hydroxyl groups is 10. The van der Waals surface area contributed by atoms with Gasteiger partial charge >= 0.3 is 29.8 Å². The highest BCUT2D eigenvalue weighted by atomic mass is 16.6. The van der Waals surface area contributed by atoms with Gasteiger partial charge in [0.25, 0.3) is 0 Å². The minimum atomic E-state index is -0.955. The minimum Gasteiger partial charge on any atom is -0.463 e. The third-order valence-corrected chi connectivity index (χ3v) is 22.8. The molecule has 0 radical (unpaired) electrons. The fraction of sp³-hybridized carbons (Fsp3) is 0.952. The van der Waals surface area contributed by atoms with Gasteiger partial charge in [-0.25, -0.2) is 0 Å². The van der Waals surface area contributed by atoms with Gasteiger partial charge in [-0.3, -0.25) is 24.0 Å². The van der Waals surface area contributed by atoms with Crippen LogP contribution in [0.25, 0.3) is 0 Å². The van der Waals surface area contributed by atoms with Crippen LogP contribution in [0.4, 0.5) is 0 Å². The van der Waals surface area contributed by atoms with E-state index in [0.717, 1.165) is 93.8 Å². The lowest BCUT2D eigenvalue weighted by molar-refractivity contribution is -0.148. The molecule has 0 aromatic rings. The number of carbonyl (C=O) groups excluding carboxylic acids is 5. The lowest BCUT2D eigenvalue weighted by Crippen LogP contribution is -2.21. The third kappa shape index (κ3) is 125. The highest BCUT2D eigenvalue weighted by molar-refractivity contribution is 5.70. The largest absolute Gasteiger partial charge is 0.463 e. The number of hydrogen-bond donors (Lipinski definition) is 10. The van der Waals surface area contributed by atoms with E-state index in [4.69, 9.17) is 74.7 Å². The van der Waals surface area contributed by atoms with Gasteiger partial charge in [0.05, 0.1) is 33.0 Å².